The lowest BCUT2D eigenvalue weighted by Gasteiger charge is -1.87. The molecule has 0 aliphatic carbocycles. The number of hydrogen-bond acceptors (Lipinski definition) is 3. The second kappa shape index (κ2) is 11.9. The fraction of sp³-hybridized carbons (Fsp3) is 0.625. The predicted molar refractivity (Wildman–Crippen MR) is 46.4 cm³/mol. The van der Waals surface area contributed by atoms with E-state index in [9.17, 15) is 0 Å². The van der Waals surface area contributed by atoms with Gasteiger partial charge in [0.25, 0.3) is 0 Å². The Labute approximate surface area is 68.4 Å². The van der Waals surface area contributed by atoms with E-state index >= 15 is 0 Å². The van der Waals surface area contributed by atoms with Crippen LogP contribution in [0.2, 0.25) is 0 Å². The summed E-state index contributed by atoms with van der Waals surface area (Å²) in [6.45, 7) is 6.88. The van der Waals surface area contributed by atoms with Crippen LogP contribution >= 0.6 is 0 Å². The Bertz CT molecular complexity index is 86.1. The molecule has 0 aromatic heterocycles. The van der Waals surface area contributed by atoms with Gasteiger partial charge in [-0.25, -0.2) is 0 Å². The van der Waals surface area contributed by atoms with Gasteiger partial charge in [0.15, 0.2) is 0 Å². The molecule has 0 aromatic carbocycles. The second-order valence-corrected chi connectivity index (χ2v) is 2.04. The van der Waals surface area contributed by atoms with E-state index in [-0.39, 0.29) is 0 Å². The molecule has 1 N–H and O–H groups in total. The van der Waals surface area contributed by atoms with Crippen molar-refractivity contribution in [2.75, 3.05) is 20.8 Å². The minimum absolute atomic E-state index is 1.14. The van der Waals surface area contributed by atoms with Crippen molar-refractivity contribution >= 4 is 6.79 Å². The van der Waals surface area contributed by atoms with Gasteiger partial charge in [0, 0.05) is 26.5 Å². The van der Waals surface area contributed by atoms with Crippen molar-refractivity contribution in [1.29, 1.82) is 0 Å². The summed E-state index contributed by atoms with van der Waals surface area (Å²) < 4.78 is 4.25. The van der Waals surface area contributed by atoms with Crippen molar-refractivity contribution in [3.05, 3.63) is 12.3 Å². The van der Waals surface area contributed by atoms with Gasteiger partial charge in [0.2, 0.25) is 0 Å². The van der Waals surface area contributed by atoms with Crippen molar-refractivity contribution in [1.82, 2.24) is 5.32 Å². The van der Waals surface area contributed by atoms with Crippen LogP contribution < -0.4 is 5.32 Å². The Kier molecular flexibility index (Phi) is 13.9. The number of ether oxygens (including phenoxy) is 1. The molecule has 0 bridgehead atoms. The molecule has 3 heteroatoms. The SMILES string of the molecule is C=C1CCCN1.C=O.COC. The van der Waals surface area contributed by atoms with Gasteiger partial charge < -0.3 is 14.8 Å². The lowest BCUT2D eigenvalue weighted by atomic mass is 10.3. The smallest absolute Gasteiger partial charge is 0.106 e. The zero-order valence-corrected chi connectivity index (χ0v) is 7.35. The Balaban J connectivity index is 0. The largest absolute Gasteiger partial charge is 0.389 e. The minimum Gasteiger partial charge on any atom is -0.389 e. The molecule has 0 amide bonds. The monoisotopic (exact) mass is 159 g/mol. The molecule has 0 spiro atoms. The lowest BCUT2D eigenvalue weighted by molar-refractivity contribution is -0.0979. The van der Waals surface area contributed by atoms with Crippen LogP contribution in [0, 0.1) is 0 Å². The zero-order valence-electron chi connectivity index (χ0n) is 7.35. The number of carbonyl (C=O) groups excluding carboxylic acids is 1. The molecule has 0 radical (unpaired) electrons. The summed E-state index contributed by atoms with van der Waals surface area (Å²) in [6.07, 6.45) is 2.46. The number of allylic oxidation sites excluding steroid dienone is 1. The highest BCUT2D eigenvalue weighted by molar-refractivity contribution is 5.10. The summed E-state index contributed by atoms with van der Waals surface area (Å²) in [5.74, 6) is 0. The third-order valence-electron chi connectivity index (χ3n) is 1.03. The van der Waals surface area contributed by atoms with E-state index in [1.54, 1.807) is 14.2 Å². The molecule has 1 aliphatic heterocycles. The van der Waals surface area contributed by atoms with Gasteiger partial charge in [-0.2, -0.15) is 0 Å². The summed E-state index contributed by atoms with van der Waals surface area (Å²) in [5.41, 5.74) is 1.20. The lowest BCUT2D eigenvalue weighted by Crippen LogP contribution is -2.00. The van der Waals surface area contributed by atoms with Crippen molar-refractivity contribution in [2.24, 2.45) is 0 Å². The highest BCUT2D eigenvalue weighted by Crippen LogP contribution is 2.03. The molecule has 66 valence electrons. The highest BCUT2D eigenvalue weighted by Gasteiger charge is 1.98. The fourth-order valence-corrected chi connectivity index (χ4v) is 0.655. The van der Waals surface area contributed by atoms with Crippen molar-refractivity contribution < 1.29 is 9.53 Å². The van der Waals surface area contributed by atoms with Gasteiger partial charge in [-0.1, -0.05) is 6.58 Å². The van der Waals surface area contributed by atoms with Gasteiger partial charge >= 0.3 is 0 Å². The van der Waals surface area contributed by atoms with E-state index in [4.69, 9.17) is 4.79 Å². The number of nitrogens with one attached hydrogen (secondary N) is 1. The predicted octanol–water partition coefficient (Wildman–Crippen LogP) is 0.961. The normalized spacial score (nSPS) is 13.5. The Hall–Kier alpha value is -0.830. The molecule has 1 saturated heterocycles. The Morgan fingerprint density at radius 3 is 2.00 bits per heavy atom. The average molecular weight is 159 g/mol. The van der Waals surface area contributed by atoms with Crippen LogP contribution in [0.4, 0.5) is 0 Å². The number of methoxy groups -OCH3 is 1. The van der Waals surface area contributed by atoms with Crippen LogP contribution in [0.3, 0.4) is 0 Å². The van der Waals surface area contributed by atoms with Crippen LogP contribution in [0.5, 0.6) is 0 Å². The third kappa shape index (κ3) is 12.4. The summed E-state index contributed by atoms with van der Waals surface area (Å²) in [6, 6.07) is 0. The molecule has 1 rings (SSSR count). The maximum absolute atomic E-state index is 8.00. The number of rotatable bonds is 0. The average Bonchev–Trinajstić information content (AvgIpc) is 2.46. The minimum atomic E-state index is 1.14. The molecule has 0 unspecified atom stereocenters. The first-order chi connectivity index (χ1) is 5.31. The van der Waals surface area contributed by atoms with Gasteiger partial charge in [0.05, 0.1) is 0 Å². The number of carbonyl (C=O) groups is 1. The van der Waals surface area contributed by atoms with E-state index in [0.717, 1.165) is 6.54 Å². The maximum Gasteiger partial charge on any atom is 0.106 e. The zero-order chi connectivity index (χ0) is 9.11. The van der Waals surface area contributed by atoms with Crippen LogP contribution in [-0.2, 0) is 9.53 Å². The quantitative estimate of drug-likeness (QED) is 0.572. The topological polar surface area (TPSA) is 38.3 Å². The van der Waals surface area contributed by atoms with Gasteiger partial charge in [-0.3, -0.25) is 0 Å². The van der Waals surface area contributed by atoms with Crippen LogP contribution in [-0.4, -0.2) is 27.6 Å². The Morgan fingerprint density at radius 1 is 1.45 bits per heavy atom. The van der Waals surface area contributed by atoms with Gasteiger partial charge in [0.1, 0.15) is 6.79 Å². The van der Waals surface area contributed by atoms with E-state index in [1.807, 2.05) is 6.79 Å². The molecule has 1 fully saturated rings. The van der Waals surface area contributed by atoms with E-state index in [2.05, 4.69) is 16.6 Å². The molecular weight excluding hydrogens is 142 g/mol. The molecule has 1 aliphatic rings. The molecule has 0 saturated carbocycles. The molecular formula is C8H17NO2. The van der Waals surface area contributed by atoms with Crippen molar-refractivity contribution in [3.63, 3.8) is 0 Å². The number of hydrogen-bond donors (Lipinski definition) is 1. The molecule has 1 heterocycles. The summed E-state index contributed by atoms with van der Waals surface area (Å²) >= 11 is 0. The second-order valence-electron chi connectivity index (χ2n) is 2.04. The highest BCUT2D eigenvalue weighted by atomic mass is 16.4. The van der Waals surface area contributed by atoms with E-state index in [0.29, 0.717) is 0 Å². The molecule has 3 nitrogen and oxygen atoms in total. The van der Waals surface area contributed by atoms with Gasteiger partial charge in [-0.05, 0) is 12.8 Å². The first-order valence-corrected chi connectivity index (χ1v) is 3.42. The Morgan fingerprint density at radius 2 is 1.91 bits per heavy atom. The first-order valence-electron chi connectivity index (χ1n) is 3.42. The van der Waals surface area contributed by atoms with Crippen LogP contribution in [0.15, 0.2) is 12.3 Å². The van der Waals surface area contributed by atoms with Crippen LogP contribution in [0.1, 0.15) is 12.8 Å². The van der Waals surface area contributed by atoms with E-state index < -0.39 is 0 Å². The first kappa shape index (κ1) is 12.8. The summed E-state index contributed by atoms with van der Waals surface area (Å²) in [7, 11) is 3.25. The standard InChI is InChI=1S/C5H9N.C2H6O.CH2O/c1-5-3-2-4-6-5;1-3-2;1-2/h6H,1-4H2;1-2H3;1H2. The summed E-state index contributed by atoms with van der Waals surface area (Å²) in [4.78, 5) is 8.00. The fourth-order valence-electron chi connectivity index (χ4n) is 0.655. The van der Waals surface area contributed by atoms with Crippen molar-refractivity contribution in [2.45, 2.75) is 12.8 Å². The third-order valence-corrected chi connectivity index (χ3v) is 1.03. The molecule has 11 heavy (non-hydrogen) atoms. The molecule has 0 aromatic rings. The maximum atomic E-state index is 8.00. The summed E-state index contributed by atoms with van der Waals surface area (Å²) in [5, 5.41) is 3.12. The van der Waals surface area contributed by atoms with Crippen LogP contribution in [0.25, 0.3) is 0 Å². The molecule has 0 atom stereocenters. The van der Waals surface area contributed by atoms with Crippen molar-refractivity contribution in [3.8, 4) is 0 Å². The van der Waals surface area contributed by atoms with E-state index in [1.165, 1.54) is 18.5 Å². The van der Waals surface area contributed by atoms with Gasteiger partial charge in [-0.15, -0.1) is 0 Å².